The molecule has 1 aromatic heterocycles. The molecule has 0 aliphatic rings. The maximum Gasteiger partial charge on any atom is 0.303 e. The predicted octanol–water partition coefficient (Wildman–Crippen LogP) is 2.43. The van der Waals surface area contributed by atoms with E-state index in [1.807, 2.05) is 19.9 Å². The molecule has 1 heterocycles. The first-order chi connectivity index (χ1) is 8.47. The molecular weight excluding hydrogens is 232 g/mol. The van der Waals surface area contributed by atoms with Crippen LogP contribution in [0.4, 0.5) is 0 Å². The van der Waals surface area contributed by atoms with Gasteiger partial charge in [-0.15, -0.1) is 0 Å². The Labute approximate surface area is 104 Å². The molecule has 1 N–H and O–H groups in total. The number of hydrogen-bond acceptors (Lipinski definition) is 3. The number of carboxylic acid groups (broad SMARTS) is 1. The van der Waals surface area contributed by atoms with E-state index in [0.29, 0.717) is 16.7 Å². The zero-order chi connectivity index (χ0) is 13.3. The fraction of sp³-hybridized carbons (Fsp3) is 0.286. The lowest BCUT2D eigenvalue weighted by atomic mass is 10.1. The van der Waals surface area contributed by atoms with E-state index in [1.165, 1.54) is 6.07 Å². The second-order valence-electron chi connectivity index (χ2n) is 4.43. The summed E-state index contributed by atoms with van der Waals surface area (Å²) in [5, 5.41) is 9.18. The van der Waals surface area contributed by atoms with Crippen molar-refractivity contribution in [2.24, 2.45) is 0 Å². The summed E-state index contributed by atoms with van der Waals surface area (Å²) in [5.74, 6) is -0.486. The second kappa shape index (κ2) is 4.64. The predicted molar refractivity (Wildman–Crippen MR) is 67.9 cm³/mol. The fourth-order valence-electron chi connectivity index (χ4n) is 2.01. The largest absolute Gasteiger partial charge is 0.481 e. The van der Waals surface area contributed by atoms with Crippen LogP contribution in [0.1, 0.15) is 23.3 Å². The van der Waals surface area contributed by atoms with Gasteiger partial charge >= 0.3 is 5.97 Å². The van der Waals surface area contributed by atoms with Crippen molar-refractivity contribution in [3.05, 3.63) is 45.3 Å². The lowest BCUT2D eigenvalue weighted by Gasteiger charge is -2.05. The van der Waals surface area contributed by atoms with Crippen molar-refractivity contribution in [2.75, 3.05) is 0 Å². The Morgan fingerprint density at radius 3 is 2.67 bits per heavy atom. The summed E-state index contributed by atoms with van der Waals surface area (Å²) in [6.07, 6.45) is 0.188. The monoisotopic (exact) mass is 246 g/mol. The molecule has 2 aromatic rings. The molecule has 2 rings (SSSR count). The van der Waals surface area contributed by atoms with E-state index < -0.39 is 5.97 Å². The van der Waals surface area contributed by atoms with Crippen LogP contribution >= 0.6 is 0 Å². The van der Waals surface area contributed by atoms with Gasteiger partial charge in [-0.3, -0.25) is 9.59 Å². The minimum absolute atomic E-state index is 0.0423. The van der Waals surface area contributed by atoms with Crippen molar-refractivity contribution < 1.29 is 14.3 Å². The van der Waals surface area contributed by atoms with Crippen molar-refractivity contribution in [1.29, 1.82) is 0 Å². The first-order valence-electron chi connectivity index (χ1n) is 5.73. The number of carboxylic acids is 1. The normalized spacial score (nSPS) is 10.8. The topological polar surface area (TPSA) is 67.5 Å². The van der Waals surface area contributed by atoms with Crippen LogP contribution in [0.25, 0.3) is 11.0 Å². The SMILES string of the molecule is Cc1cc(C)c2oc(CCC(=O)O)cc(=O)c2c1. The summed E-state index contributed by atoms with van der Waals surface area (Å²) in [5.41, 5.74) is 2.32. The van der Waals surface area contributed by atoms with E-state index >= 15 is 0 Å². The van der Waals surface area contributed by atoms with E-state index in [1.54, 1.807) is 6.07 Å². The average molecular weight is 246 g/mol. The van der Waals surface area contributed by atoms with Crippen LogP contribution < -0.4 is 5.43 Å². The summed E-state index contributed by atoms with van der Waals surface area (Å²) in [6.45, 7) is 3.80. The van der Waals surface area contributed by atoms with Gasteiger partial charge in [0, 0.05) is 12.5 Å². The summed E-state index contributed by atoms with van der Waals surface area (Å²) >= 11 is 0. The highest BCUT2D eigenvalue weighted by Gasteiger charge is 2.09. The highest BCUT2D eigenvalue weighted by atomic mass is 16.4. The highest BCUT2D eigenvalue weighted by Crippen LogP contribution is 2.19. The summed E-state index contributed by atoms with van der Waals surface area (Å²) < 4.78 is 5.62. The van der Waals surface area contributed by atoms with E-state index in [-0.39, 0.29) is 18.3 Å². The molecule has 0 radical (unpaired) electrons. The van der Waals surface area contributed by atoms with E-state index in [9.17, 15) is 9.59 Å². The molecule has 4 nitrogen and oxygen atoms in total. The molecule has 18 heavy (non-hydrogen) atoms. The Bertz CT molecular complexity index is 667. The zero-order valence-corrected chi connectivity index (χ0v) is 10.3. The van der Waals surface area contributed by atoms with Gasteiger partial charge in [-0.2, -0.15) is 0 Å². The van der Waals surface area contributed by atoms with Crippen molar-refractivity contribution in [2.45, 2.75) is 26.7 Å². The minimum atomic E-state index is -0.904. The van der Waals surface area contributed by atoms with E-state index in [4.69, 9.17) is 9.52 Å². The van der Waals surface area contributed by atoms with Crippen LogP contribution in [-0.2, 0) is 11.2 Å². The molecule has 0 atom stereocenters. The zero-order valence-electron chi connectivity index (χ0n) is 10.3. The van der Waals surface area contributed by atoms with Gasteiger partial charge in [0.1, 0.15) is 11.3 Å². The molecule has 0 amide bonds. The lowest BCUT2D eigenvalue weighted by molar-refractivity contribution is -0.137. The van der Waals surface area contributed by atoms with Gasteiger partial charge in [0.15, 0.2) is 5.43 Å². The Balaban J connectivity index is 2.55. The van der Waals surface area contributed by atoms with Crippen LogP contribution in [0.5, 0.6) is 0 Å². The van der Waals surface area contributed by atoms with Gasteiger partial charge in [0.25, 0.3) is 0 Å². The molecular formula is C14H14O4. The van der Waals surface area contributed by atoms with Gasteiger partial charge in [0.2, 0.25) is 0 Å². The smallest absolute Gasteiger partial charge is 0.303 e. The molecule has 0 saturated carbocycles. The lowest BCUT2D eigenvalue weighted by Crippen LogP contribution is -2.05. The maximum absolute atomic E-state index is 11.9. The van der Waals surface area contributed by atoms with Crippen molar-refractivity contribution >= 4 is 16.9 Å². The number of benzene rings is 1. The number of fused-ring (bicyclic) bond motifs is 1. The number of carbonyl (C=O) groups is 1. The Morgan fingerprint density at radius 1 is 1.28 bits per heavy atom. The van der Waals surface area contributed by atoms with Crippen LogP contribution in [0.2, 0.25) is 0 Å². The Kier molecular flexibility index (Phi) is 3.19. The first kappa shape index (κ1) is 12.4. The van der Waals surface area contributed by atoms with Crippen LogP contribution in [0.3, 0.4) is 0 Å². The average Bonchev–Trinajstić information content (AvgIpc) is 2.28. The molecule has 0 aliphatic carbocycles. The van der Waals surface area contributed by atoms with Crippen molar-refractivity contribution in [1.82, 2.24) is 0 Å². The number of aliphatic carboxylic acids is 1. The molecule has 1 aromatic carbocycles. The Hall–Kier alpha value is -2.10. The van der Waals surface area contributed by atoms with Gasteiger partial charge < -0.3 is 9.52 Å². The third kappa shape index (κ3) is 2.42. The molecule has 0 unspecified atom stereocenters. The molecule has 0 bridgehead atoms. The third-order valence-electron chi connectivity index (χ3n) is 2.79. The maximum atomic E-state index is 11.9. The standard InChI is InChI=1S/C14H14O4/c1-8-5-9(2)14-11(6-8)12(15)7-10(18-14)3-4-13(16)17/h5-7H,3-4H2,1-2H3,(H,16,17). The van der Waals surface area contributed by atoms with Crippen molar-refractivity contribution in [3.8, 4) is 0 Å². The fourth-order valence-corrected chi connectivity index (χ4v) is 2.01. The number of rotatable bonds is 3. The van der Waals surface area contributed by atoms with Gasteiger partial charge in [-0.05, 0) is 31.0 Å². The minimum Gasteiger partial charge on any atom is -0.481 e. The quantitative estimate of drug-likeness (QED) is 0.903. The van der Waals surface area contributed by atoms with Crippen LogP contribution in [0, 0.1) is 13.8 Å². The highest BCUT2D eigenvalue weighted by molar-refractivity contribution is 5.80. The van der Waals surface area contributed by atoms with E-state index in [2.05, 4.69) is 0 Å². The summed E-state index contributed by atoms with van der Waals surface area (Å²) in [6, 6.07) is 5.10. The Morgan fingerprint density at radius 2 is 2.00 bits per heavy atom. The molecule has 0 aliphatic heterocycles. The molecule has 4 heteroatoms. The molecule has 94 valence electrons. The second-order valence-corrected chi connectivity index (χ2v) is 4.43. The van der Waals surface area contributed by atoms with Gasteiger partial charge in [-0.25, -0.2) is 0 Å². The number of aryl methyl sites for hydroxylation is 3. The molecule has 0 fully saturated rings. The van der Waals surface area contributed by atoms with Crippen LogP contribution in [0.15, 0.2) is 27.4 Å². The molecule has 0 saturated heterocycles. The van der Waals surface area contributed by atoms with Crippen LogP contribution in [-0.4, -0.2) is 11.1 Å². The molecule has 0 spiro atoms. The third-order valence-corrected chi connectivity index (χ3v) is 2.79. The first-order valence-corrected chi connectivity index (χ1v) is 5.73. The van der Waals surface area contributed by atoms with E-state index in [0.717, 1.165) is 11.1 Å². The van der Waals surface area contributed by atoms with Gasteiger partial charge in [0.05, 0.1) is 11.8 Å². The number of hydrogen-bond donors (Lipinski definition) is 1. The summed E-state index contributed by atoms with van der Waals surface area (Å²) in [4.78, 5) is 22.5. The summed E-state index contributed by atoms with van der Waals surface area (Å²) in [7, 11) is 0. The van der Waals surface area contributed by atoms with Gasteiger partial charge in [-0.1, -0.05) is 6.07 Å². The van der Waals surface area contributed by atoms with Crippen molar-refractivity contribution in [3.63, 3.8) is 0 Å².